The zero-order chi connectivity index (χ0) is 44.8. The van der Waals surface area contributed by atoms with E-state index in [9.17, 15) is 24.8 Å². The Morgan fingerprint density at radius 2 is 1.27 bits per heavy atom. The number of nitriles is 1. The summed E-state index contributed by atoms with van der Waals surface area (Å²) in [6.45, 7) is 5.32. The predicted octanol–water partition coefficient (Wildman–Crippen LogP) is 14.5. The van der Waals surface area contributed by atoms with Crippen LogP contribution >= 0.6 is 22.7 Å². The third-order valence-corrected chi connectivity index (χ3v) is 15.1. The van der Waals surface area contributed by atoms with Crippen molar-refractivity contribution in [1.82, 2.24) is 4.90 Å². The molecule has 64 heavy (non-hydrogen) atoms. The van der Waals surface area contributed by atoms with Crippen LogP contribution in [0.3, 0.4) is 0 Å². The number of imide groups is 1. The van der Waals surface area contributed by atoms with Crippen LogP contribution in [0.4, 0.5) is 17.1 Å². The molecule has 0 bridgehead atoms. The Bertz CT molecular complexity index is 2740. The Balaban J connectivity index is 1.17. The van der Waals surface area contributed by atoms with Gasteiger partial charge in [0.15, 0.2) is 0 Å². The molecule has 1 aliphatic heterocycles. The summed E-state index contributed by atoms with van der Waals surface area (Å²) in [5.41, 5.74) is 10.2. The second-order valence-electron chi connectivity index (χ2n) is 16.8. The molecule has 1 aliphatic carbocycles. The van der Waals surface area contributed by atoms with E-state index in [1.807, 2.05) is 18.2 Å². The van der Waals surface area contributed by atoms with Crippen molar-refractivity contribution < 1.29 is 19.5 Å². The van der Waals surface area contributed by atoms with Crippen molar-refractivity contribution in [2.24, 2.45) is 0 Å². The van der Waals surface area contributed by atoms with E-state index in [4.69, 9.17) is 0 Å². The Labute approximate surface area is 384 Å². The van der Waals surface area contributed by atoms with Crippen LogP contribution in [-0.2, 0) is 19.8 Å². The number of para-hydroxylation sites is 2. The first-order valence-electron chi connectivity index (χ1n) is 22.5. The minimum Gasteiger partial charge on any atom is -0.480 e. The number of carboxylic acid groups (broad SMARTS) is 1. The van der Waals surface area contributed by atoms with Gasteiger partial charge in [-0.3, -0.25) is 19.3 Å². The minimum atomic E-state index is -1.33. The molecule has 8 rings (SSSR count). The van der Waals surface area contributed by atoms with Crippen LogP contribution in [-0.4, -0.2) is 34.3 Å². The van der Waals surface area contributed by atoms with Crippen molar-refractivity contribution >= 4 is 63.6 Å². The summed E-state index contributed by atoms with van der Waals surface area (Å²) >= 11 is 3.24. The molecule has 0 fully saturated rings. The van der Waals surface area contributed by atoms with Crippen LogP contribution in [0.25, 0.3) is 37.4 Å². The van der Waals surface area contributed by atoms with Crippen molar-refractivity contribution in [3.8, 4) is 37.4 Å². The molecule has 0 atom stereocenters. The highest BCUT2D eigenvalue weighted by atomic mass is 32.1. The number of hydrogen-bond acceptors (Lipinski definition) is 7. The van der Waals surface area contributed by atoms with Crippen molar-refractivity contribution in [3.05, 3.63) is 154 Å². The van der Waals surface area contributed by atoms with Gasteiger partial charge >= 0.3 is 5.97 Å². The molecule has 2 aliphatic rings. The number of thiophene rings is 2. The van der Waals surface area contributed by atoms with Crippen LogP contribution < -0.4 is 4.90 Å². The maximum absolute atomic E-state index is 13.4. The Hall–Kier alpha value is -6.34. The predicted molar refractivity (Wildman–Crippen MR) is 262 cm³/mol. The average Bonchev–Trinajstić information content (AvgIpc) is 4.06. The van der Waals surface area contributed by atoms with Gasteiger partial charge in [0.05, 0.1) is 0 Å². The molecule has 3 heterocycles. The van der Waals surface area contributed by atoms with Crippen molar-refractivity contribution in [2.45, 2.75) is 90.4 Å². The largest absolute Gasteiger partial charge is 0.480 e. The molecule has 9 heteroatoms. The number of carbonyl (C=O) groups excluding carboxylic acids is 2. The molecular weight excluding hydrogens is 831 g/mol. The van der Waals surface area contributed by atoms with Gasteiger partial charge in [-0.15, -0.1) is 22.7 Å². The molecule has 7 nitrogen and oxygen atoms in total. The first-order chi connectivity index (χ1) is 31.2. The van der Waals surface area contributed by atoms with Gasteiger partial charge < -0.3 is 10.0 Å². The number of aliphatic carboxylic acids is 1. The number of hydrogen-bond donors (Lipinski definition) is 1. The maximum Gasteiger partial charge on any atom is 0.323 e. The zero-order valence-corrected chi connectivity index (χ0v) is 38.4. The van der Waals surface area contributed by atoms with Crippen molar-refractivity contribution in [3.63, 3.8) is 0 Å². The average molecular weight is 884 g/mol. The fourth-order valence-electron chi connectivity index (χ4n) is 9.49. The number of unbranched alkanes of at least 4 members (excludes halogenated alkanes) is 6. The normalized spacial score (nSPS) is 14.8. The lowest BCUT2D eigenvalue weighted by Gasteiger charge is -2.34. The Morgan fingerprint density at radius 1 is 0.688 bits per heavy atom. The molecule has 0 spiro atoms. The quantitative estimate of drug-likeness (QED) is 0.0524. The molecule has 0 unspecified atom stereocenters. The Kier molecular flexibility index (Phi) is 13.6. The maximum atomic E-state index is 13.4. The summed E-state index contributed by atoms with van der Waals surface area (Å²) in [5, 5.41) is 19.1. The van der Waals surface area contributed by atoms with Gasteiger partial charge in [-0.2, -0.15) is 5.26 Å². The molecule has 0 saturated carbocycles. The van der Waals surface area contributed by atoms with Crippen LogP contribution in [0.2, 0.25) is 0 Å². The summed E-state index contributed by atoms with van der Waals surface area (Å²) < 4.78 is 0. The first-order valence-corrected chi connectivity index (χ1v) is 24.1. The second-order valence-corrected chi connectivity index (χ2v) is 19.0. The van der Waals surface area contributed by atoms with Gasteiger partial charge in [0.1, 0.15) is 18.2 Å². The van der Waals surface area contributed by atoms with E-state index < -0.39 is 24.3 Å². The standard InChI is InChI=1S/C55H53N3O4S2/c1-4-6-8-16-30-55(31-17-9-7-5-2)47-32-38(22-25-43(47)44-26-23-41(33-48(44)55)58(39-18-12-10-13-19-39)40-20-14-11-15-21-40)49-28-29-51(64-49)50-27-24-42(63-50)34-45-37(3)46(35-56)54(62)57(53(45)61)36-52(59)60/h10-15,18-29,32-34H,4-9,16-17,30-31,36H2,1-3H3,(H,59,60)/b45-34-. The lowest BCUT2D eigenvalue weighted by Crippen LogP contribution is -2.45. The van der Waals surface area contributed by atoms with E-state index >= 15 is 0 Å². The highest BCUT2D eigenvalue weighted by Crippen LogP contribution is 2.57. The molecule has 0 saturated heterocycles. The number of amides is 2. The monoisotopic (exact) mass is 883 g/mol. The third-order valence-electron chi connectivity index (χ3n) is 12.7. The smallest absolute Gasteiger partial charge is 0.323 e. The fourth-order valence-corrected chi connectivity index (χ4v) is 11.5. The lowest BCUT2D eigenvalue weighted by atomic mass is 9.70. The highest BCUT2D eigenvalue weighted by Gasteiger charge is 2.43. The number of carboxylic acids is 1. The third kappa shape index (κ3) is 8.78. The zero-order valence-electron chi connectivity index (χ0n) is 36.7. The van der Waals surface area contributed by atoms with E-state index in [2.05, 4.69) is 128 Å². The van der Waals surface area contributed by atoms with Gasteiger partial charge in [0.25, 0.3) is 11.8 Å². The molecule has 1 N–H and O–H groups in total. The van der Waals surface area contributed by atoms with Crippen molar-refractivity contribution in [1.29, 1.82) is 5.26 Å². The van der Waals surface area contributed by atoms with Gasteiger partial charge in [-0.1, -0.05) is 120 Å². The molecular formula is C55H53N3O4S2. The van der Waals surface area contributed by atoms with Gasteiger partial charge in [0, 0.05) is 47.6 Å². The minimum absolute atomic E-state index is 0.132. The van der Waals surface area contributed by atoms with Gasteiger partial charge in [0.2, 0.25) is 0 Å². The summed E-state index contributed by atoms with van der Waals surface area (Å²) in [6.07, 6.45) is 13.5. The lowest BCUT2D eigenvalue weighted by molar-refractivity contribution is -0.149. The molecule has 2 aromatic heterocycles. The molecule has 0 radical (unpaired) electrons. The van der Waals surface area contributed by atoms with E-state index in [0.717, 1.165) is 38.8 Å². The number of nitrogens with zero attached hydrogens (tertiary/aromatic N) is 3. The van der Waals surface area contributed by atoms with E-state index in [-0.39, 0.29) is 22.1 Å². The topological polar surface area (TPSA) is 102 Å². The number of carbonyl (C=O) groups is 3. The fraction of sp³-hybridized carbons (Fsp3) is 0.273. The number of benzene rings is 4. The van der Waals surface area contributed by atoms with Crippen molar-refractivity contribution in [2.75, 3.05) is 11.4 Å². The molecule has 4 aromatic carbocycles. The van der Waals surface area contributed by atoms with Crippen LogP contribution in [0.5, 0.6) is 0 Å². The number of rotatable bonds is 18. The second kappa shape index (κ2) is 19.6. The summed E-state index contributed by atoms with van der Waals surface area (Å²) in [5.74, 6) is -2.93. The van der Waals surface area contributed by atoms with E-state index in [1.54, 1.807) is 24.3 Å². The van der Waals surface area contributed by atoms with E-state index in [1.165, 1.54) is 101 Å². The molecule has 2 amide bonds. The molecule has 324 valence electrons. The number of fused-ring (bicyclic) bond motifs is 3. The summed E-state index contributed by atoms with van der Waals surface area (Å²) in [6, 6.07) is 45.8. The molecule has 6 aromatic rings. The number of anilines is 3. The SMILES string of the molecule is CCCCCCC1(CCCCCC)c2cc(-c3ccc(-c4ccc(/C=C5\C(=O)N(CC(=O)O)C(=O)C(C#N)=C5C)s4)s3)ccc2-c2ccc(N(c3ccccc3)c3ccccc3)cc21. The van der Waals surface area contributed by atoms with Gasteiger partial charge in [-0.05, 0) is 126 Å². The summed E-state index contributed by atoms with van der Waals surface area (Å²) in [4.78, 5) is 44.7. The van der Waals surface area contributed by atoms with E-state index in [0.29, 0.717) is 4.90 Å². The summed E-state index contributed by atoms with van der Waals surface area (Å²) in [7, 11) is 0. The first kappa shape index (κ1) is 44.3. The Morgan fingerprint density at radius 3 is 1.88 bits per heavy atom. The van der Waals surface area contributed by atoms with Crippen LogP contribution in [0, 0.1) is 11.3 Å². The highest BCUT2D eigenvalue weighted by molar-refractivity contribution is 7.24. The van der Waals surface area contributed by atoms with Crippen LogP contribution in [0.15, 0.2) is 138 Å². The van der Waals surface area contributed by atoms with Gasteiger partial charge in [-0.25, -0.2) is 0 Å². The van der Waals surface area contributed by atoms with Crippen LogP contribution in [0.1, 0.15) is 101 Å².